The Kier molecular flexibility index (Phi) is 3.59. The van der Waals surface area contributed by atoms with Gasteiger partial charge in [0.25, 0.3) is 0 Å². The fourth-order valence-electron chi connectivity index (χ4n) is 1.10. The summed E-state index contributed by atoms with van der Waals surface area (Å²) in [6.45, 7) is 0.729. The summed E-state index contributed by atoms with van der Waals surface area (Å²) >= 11 is 0. The fraction of sp³-hybridized carbons (Fsp3) is 0.400. The lowest BCUT2D eigenvalue weighted by atomic mass is 10.1. The fourth-order valence-corrected chi connectivity index (χ4v) is 1.10. The Balaban J connectivity index is 2.65. The van der Waals surface area contributed by atoms with Crippen LogP contribution in [-0.4, -0.2) is 36.3 Å². The third-order valence-electron chi connectivity index (χ3n) is 1.94. The van der Waals surface area contributed by atoms with Crippen LogP contribution in [0, 0.1) is 0 Å². The molecule has 0 aliphatic rings. The average molecular weight is 193 g/mol. The molecule has 0 aliphatic heterocycles. The van der Waals surface area contributed by atoms with Gasteiger partial charge < -0.3 is 10.6 Å². The molecule has 0 bridgehead atoms. The van der Waals surface area contributed by atoms with Crippen molar-refractivity contribution in [2.75, 3.05) is 26.4 Å². The minimum Gasteiger partial charge on any atom is -0.398 e. The van der Waals surface area contributed by atoms with E-state index in [1.807, 2.05) is 19.0 Å². The number of anilines is 1. The van der Waals surface area contributed by atoms with Crippen LogP contribution in [0.15, 0.2) is 18.5 Å². The highest BCUT2D eigenvalue weighted by Gasteiger charge is 2.09. The molecule has 0 aliphatic carbocycles. The number of aromatic nitrogens is 1. The molecule has 0 amide bonds. The first-order valence-electron chi connectivity index (χ1n) is 4.48. The van der Waals surface area contributed by atoms with E-state index in [0.29, 0.717) is 17.7 Å². The van der Waals surface area contributed by atoms with Crippen LogP contribution in [0.4, 0.5) is 5.69 Å². The summed E-state index contributed by atoms with van der Waals surface area (Å²) in [5.41, 5.74) is 6.68. The van der Waals surface area contributed by atoms with Crippen LogP contribution in [0.2, 0.25) is 0 Å². The highest BCUT2D eigenvalue weighted by atomic mass is 16.1. The Hall–Kier alpha value is -1.42. The quantitative estimate of drug-likeness (QED) is 0.718. The number of hydrogen-bond acceptors (Lipinski definition) is 4. The van der Waals surface area contributed by atoms with Gasteiger partial charge in [-0.15, -0.1) is 0 Å². The summed E-state index contributed by atoms with van der Waals surface area (Å²) < 4.78 is 0. The van der Waals surface area contributed by atoms with Gasteiger partial charge in [0.1, 0.15) is 0 Å². The Morgan fingerprint density at radius 2 is 2.29 bits per heavy atom. The van der Waals surface area contributed by atoms with Gasteiger partial charge in [-0.25, -0.2) is 0 Å². The molecule has 1 aromatic heterocycles. The maximum Gasteiger partial charge on any atom is 0.167 e. The van der Waals surface area contributed by atoms with Gasteiger partial charge in [0.2, 0.25) is 0 Å². The Bertz CT molecular complexity index is 323. The molecule has 0 atom stereocenters. The molecular weight excluding hydrogens is 178 g/mol. The molecular formula is C10H15N3O. The minimum absolute atomic E-state index is 0.0456. The number of nitrogen functional groups attached to an aromatic ring is 1. The first kappa shape index (κ1) is 10.7. The molecule has 4 heteroatoms. The van der Waals surface area contributed by atoms with Gasteiger partial charge in [0.15, 0.2) is 5.78 Å². The maximum atomic E-state index is 11.6. The second-order valence-corrected chi connectivity index (χ2v) is 3.44. The lowest BCUT2D eigenvalue weighted by molar-refractivity contribution is 0.0973. The third kappa shape index (κ3) is 2.81. The van der Waals surface area contributed by atoms with Crippen LogP contribution < -0.4 is 5.73 Å². The largest absolute Gasteiger partial charge is 0.398 e. The van der Waals surface area contributed by atoms with Gasteiger partial charge in [0.05, 0.1) is 5.56 Å². The SMILES string of the molecule is CN(C)CCC(=O)c1cnccc1N. The Morgan fingerprint density at radius 3 is 2.86 bits per heavy atom. The molecule has 0 fully saturated rings. The van der Waals surface area contributed by atoms with Crippen molar-refractivity contribution < 1.29 is 4.79 Å². The van der Waals surface area contributed by atoms with E-state index in [0.717, 1.165) is 6.54 Å². The van der Waals surface area contributed by atoms with E-state index in [1.54, 1.807) is 12.3 Å². The summed E-state index contributed by atoms with van der Waals surface area (Å²) in [6.07, 6.45) is 3.58. The summed E-state index contributed by atoms with van der Waals surface area (Å²) in [4.78, 5) is 17.5. The van der Waals surface area contributed by atoms with Crippen molar-refractivity contribution >= 4 is 11.5 Å². The van der Waals surface area contributed by atoms with E-state index < -0.39 is 0 Å². The molecule has 0 spiro atoms. The van der Waals surface area contributed by atoms with E-state index in [2.05, 4.69) is 4.98 Å². The topological polar surface area (TPSA) is 59.2 Å². The van der Waals surface area contributed by atoms with Gasteiger partial charge in [0, 0.05) is 31.0 Å². The molecule has 0 aromatic carbocycles. The number of Topliss-reactive ketones (excluding diaryl/α,β-unsaturated/α-hetero) is 1. The monoisotopic (exact) mass is 193 g/mol. The predicted octanol–water partition coefficient (Wildman–Crippen LogP) is 0.798. The van der Waals surface area contributed by atoms with Crippen LogP contribution >= 0.6 is 0 Å². The maximum absolute atomic E-state index is 11.6. The number of nitrogens with two attached hydrogens (primary N) is 1. The normalized spacial score (nSPS) is 10.5. The van der Waals surface area contributed by atoms with Gasteiger partial charge in [-0.3, -0.25) is 9.78 Å². The van der Waals surface area contributed by atoms with Gasteiger partial charge in [-0.1, -0.05) is 0 Å². The van der Waals surface area contributed by atoms with Crippen LogP contribution in [0.3, 0.4) is 0 Å². The van der Waals surface area contributed by atoms with E-state index in [1.165, 1.54) is 6.20 Å². The molecule has 0 saturated heterocycles. The Labute approximate surface area is 83.7 Å². The number of ketones is 1. The summed E-state index contributed by atoms with van der Waals surface area (Å²) in [7, 11) is 3.86. The summed E-state index contributed by atoms with van der Waals surface area (Å²) in [6, 6.07) is 1.64. The minimum atomic E-state index is 0.0456. The van der Waals surface area contributed by atoms with Crippen molar-refractivity contribution in [2.24, 2.45) is 0 Å². The zero-order valence-corrected chi connectivity index (χ0v) is 8.53. The molecule has 0 radical (unpaired) electrons. The molecule has 4 nitrogen and oxygen atoms in total. The number of nitrogens with zero attached hydrogens (tertiary/aromatic N) is 2. The first-order chi connectivity index (χ1) is 6.61. The number of hydrogen-bond donors (Lipinski definition) is 1. The van der Waals surface area contributed by atoms with Crippen molar-refractivity contribution in [2.45, 2.75) is 6.42 Å². The molecule has 14 heavy (non-hydrogen) atoms. The summed E-state index contributed by atoms with van der Waals surface area (Å²) in [5.74, 6) is 0.0456. The second-order valence-electron chi connectivity index (χ2n) is 3.44. The zero-order valence-electron chi connectivity index (χ0n) is 8.53. The van der Waals surface area contributed by atoms with Crippen molar-refractivity contribution in [3.63, 3.8) is 0 Å². The second kappa shape index (κ2) is 4.72. The van der Waals surface area contributed by atoms with Crippen LogP contribution in [0.1, 0.15) is 16.8 Å². The molecule has 2 N–H and O–H groups in total. The van der Waals surface area contributed by atoms with Gasteiger partial charge >= 0.3 is 0 Å². The lowest BCUT2D eigenvalue weighted by Gasteiger charge is -2.08. The molecule has 76 valence electrons. The number of carbonyl (C=O) groups excluding carboxylic acids is 1. The van der Waals surface area contributed by atoms with Crippen molar-refractivity contribution in [3.05, 3.63) is 24.0 Å². The molecule has 0 unspecified atom stereocenters. The predicted molar refractivity (Wildman–Crippen MR) is 56.2 cm³/mol. The van der Waals surface area contributed by atoms with E-state index in [9.17, 15) is 4.79 Å². The van der Waals surface area contributed by atoms with Gasteiger partial charge in [-0.05, 0) is 20.2 Å². The van der Waals surface area contributed by atoms with E-state index in [-0.39, 0.29) is 5.78 Å². The smallest absolute Gasteiger partial charge is 0.167 e. The lowest BCUT2D eigenvalue weighted by Crippen LogP contribution is -2.17. The molecule has 1 aromatic rings. The van der Waals surface area contributed by atoms with Crippen LogP contribution in [0.5, 0.6) is 0 Å². The van der Waals surface area contributed by atoms with Crippen LogP contribution in [0.25, 0.3) is 0 Å². The Morgan fingerprint density at radius 1 is 1.57 bits per heavy atom. The standard InChI is InChI=1S/C10H15N3O/c1-13(2)6-4-10(14)8-7-12-5-3-9(8)11/h3,5,7H,4,6H2,1-2H3,(H2,11,12). The average Bonchev–Trinajstić information content (AvgIpc) is 2.15. The summed E-state index contributed by atoms with van der Waals surface area (Å²) in [5, 5.41) is 0. The van der Waals surface area contributed by atoms with Gasteiger partial charge in [-0.2, -0.15) is 0 Å². The zero-order chi connectivity index (χ0) is 10.6. The number of carbonyl (C=O) groups is 1. The van der Waals surface area contributed by atoms with Crippen molar-refractivity contribution in [1.29, 1.82) is 0 Å². The van der Waals surface area contributed by atoms with E-state index >= 15 is 0 Å². The number of rotatable bonds is 4. The van der Waals surface area contributed by atoms with E-state index in [4.69, 9.17) is 5.73 Å². The highest BCUT2D eigenvalue weighted by molar-refractivity contribution is 6.00. The van der Waals surface area contributed by atoms with Crippen molar-refractivity contribution in [3.8, 4) is 0 Å². The van der Waals surface area contributed by atoms with Crippen molar-refractivity contribution in [1.82, 2.24) is 9.88 Å². The molecule has 1 rings (SSSR count). The van der Waals surface area contributed by atoms with Crippen LogP contribution in [-0.2, 0) is 0 Å². The molecule has 0 saturated carbocycles. The number of pyridine rings is 1. The third-order valence-corrected chi connectivity index (χ3v) is 1.94. The highest BCUT2D eigenvalue weighted by Crippen LogP contribution is 2.11. The molecule has 1 heterocycles. The first-order valence-corrected chi connectivity index (χ1v) is 4.48.